The molecule has 18 heavy (non-hydrogen) atoms. The summed E-state index contributed by atoms with van der Waals surface area (Å²) in [7, 11) is 0. The minimum absolute atomic E-state index is 0.311. The molecule has 0 aliphatic carbocycles. The van der Waals surface area contributed by atoms with Crippen molar-refractivity contribution < 1.29 is 5.11 Å². The topological polar surface area (TPSA) is 20.2 Å². The van der Waals surface area contributed by atoms with Crippen LogP contribution in [0.25, 0.3) is 0 Å². The molecule has 2 rings (SSSR count). The maximum atomic E-state index is 10.1. The second-order valence-electron chi connectivity index (χ2n) is 5.04. The summed E-state index contributed by atoms with van der Waals surface area (Å²) >= 11 is 0. The van der Waals surface area contributed by atoms with Gasteiger partial charge < -0.3 is 5.11 Å². The fourth-order valence-electron chi connectivity index (χ4n) is 2.42. The molecule has 1 nitrogen and oxygen atoms in total. The molecule has 0 fully saturated rings. The maximum Gasteiger partial charge on any atom is 0.0620 e. The molecule has 0 spiro atoms. The zero-order chi connectivity index (χ0) is 13.0. The highest BCUT2D eigenvalue weighted by Crippen LogP contribution is 2.13. The largest absolute Gasteiger partial charge is 0.392 e. The quantitative estimate of drug-likeness (QED) is 0.868. The predicted molar refractivity (Wildman–Crippen MR) is 75.8 cm³/mol. The molecule has 2 aromatic carbocycles. The van der Waals surface area contributed by atoms with E-state index in [4.69, 9.17) is 0 Å². The minimum atomic E-state index is -0.311. The third-order valence-electron chi connectivity index (χ3n) is 3.07. The van der Waals surface area contributed by atoms with E-state index in [1.54, 1.807) is 0 Å². The van der Waals surface area contributed by atoms with Gasteiger partial charge in [0, 0.05) is 0 Å². The molecular weight excluding hydrogens is 220 g/mol. The molecule has 94 valence electrons. The van der Waals surface area contributed by atoms with Crippen molar-refractivity contribution in [1.82, 2.24) is 0 Å². The van der Waals surface area contributed by atoms with Gasteiger partial charge in [0.25, 0.3) is 0 Å². The summed E-state index contributed by atoms with van der Waals surface area (Å²) in [5, 5.41) is 10.1. The summed E-state index contributed by atoms with van der Waals surface area (Å²) in [5.74, 6) is 0. The van der Waals surface area contributed by atoms with Gasteiger partial charge in [-0.15, -0.1) is 0 Å². The first-order chi connectivity index (χ1) is 8.63. The van der Waals surface area contributed by atoms with E-state index in [1.165, 1.54) is 22.3 Å². The van der Waals surface area contributed by atoms with Crippen LogP contribution in [0, 0.1) is 13.8 Å². The molecule has 1 N–H and O–H groups in total. The SMILES string of the molecule is Cc1cc(C)cc(CC(O)Cc2ccccc2)c1. The van der Waals surface area contributed by atoms with Crippen LogP contribution < -0.4 is 0 Å². The number of aliphatic hydroxyl groups excluding tert-OH is 1. The third-order valence-corrected chi connectivity index (χ3v) is 3.07. The predicted octanol–water partition coefficient (Wildman–Crippen LogP) is 3.45. The molecule has 0 aromatic heterocycles. The van der Waals surface area contributed by atoms with Gasteiger partial charge in [-0.25, -0.2) is 0 Å². The molecule has 0 bridgehead atoms. The molecule has 1 atom stereocenters. The Morgan fingerprint density at radius 3 is 2.00 bits per heavy atom. The van der Waals surface area contributed by atoms with Gasteiger partial charge in [0.1, 0.15) is 0 Å². The van der Waals surface area contributed by atoms with Crippen LogP contribution in [0.4, 0.5) is 0 Å². The summed E-state index contributed by atoms with van der Waals surface area (Å²) in [6.45, 7) is 4.19. The lowest BCUT2D eigenvalue weighted by atomic mass is 9.99. The second kappa shape index (κ2) is 5.83. The zero-order valence-electron chi connectivity index (χ0n) is 11.1. The molecule has 0 heterocycles. The standard InChI is InChI=1S/C17H20O/c1-13-8-14(2)10-16(9-13)12-17(18)11-15-6-4-3-5-7-15/h3-10,17-18H,11-12H2,1-2H3. The second-order valence-corrected chi connectivity index (χ2v) is 5.04. The van der Waals surface area contributed by atoms with Crippen LogP contribution in [0.15, 0.2) is 48.5 Å². The molecule has 0 saturated heterocycles. The molecule has 0 radical (unpaired) electrons. The van der Waals surface area contributed by atoms with Gasteiger partial charge in [0.15, 0.2) is 0 Å². The highest BCUT2D eigenvalue weighted by molar-refractivity contribution is 5.29. The van der Waals surface area contributed by atoms with E-state index < -0.39 is 0 Å². The Bertz CT molecular complexity index is 482. The highest BCUT2D eigenvalue weighted by Gasteiger charge is 2.07. The van der Waals surface area contributed by atoms with Gasteiger partial charge in [-0.2, -0.15) is 0 Å². The van der Waals surface area contributed by atoms with Crippen molar-refractivity contribution in [2.75, 3.05) is 0 Å². The van der Waals surface area contributed by atoms with Crippen LogP contribution in [0.2, 0.25) is 0 Å². The van der Waals surface area contributed by atoms with Crippen LogP contribution in [0.1, 0.15) is 22.3 Å². The maximum absolute atomic E-state index is 10.1. The Balaban J connectivity index is 2.01. The fraction of sp³-hybridized carbons (Fsp3) is 0.294. The summed E-state index contributed by atoms with van der Waals surface area (Å²) < 4.78 is 0. The first kappa shape index (κ1) is 12.8. The average Bonchev–Trinajstić information content (AvgIpc) is 2.28. The Morgan fingerprint density at radius 2 is 1.39 bits per heavy atom. The third kappa shape index (κ3) is 3.71. The molecular formula is C17H20O. The molecule has 0 aliphatic rings. The lowest BCUT2D eigenvalue weighted by Crippen LogP contribution is -2.14. The zero-order valence-corrected chi connectivity index (χ0v) is 11.1. The lowest BCUT2D eigenvalue weighted by molar-refractivity contribution is 0.175. The highest BCUT2D eigenvalue weighted by atomic mass is 16.3. The van der Waals surface area contributed by atoms with Crippen molar-refractivity contribution >= 4 is 0 Å². The molecule has 1 unspecified atom stereocenters. The number of hydrogen-bond donors (Lipinski definition) is 1. The van der Waals surface area contributed by atoms with Gasteiger partial charge >= 0.3 is 0 Å². The first-order valence-electron chi connectivity index (χ1n) is 6.42. The Kier molecular flexibility index (Phi) is 4.16. The van der Waals surface area contributed by atoms with Gasteiger partial charge in [0.2, 0.25) is 0 Å². The van der Waals surface area contributed by atoms with Crippen molar-refractivity contribution in [3.8, 4) is 0 Å². The molecule has 0 saturated carbocycles. The minimum Gasteiger partial charge on any atom is -0.392 e. The number of rotatable bonds is 4. The van der Waals surface area contributed by atoms with Crippen molar-refractivity contribution in [3.05, 3.63) is 70.8 Å². The van der Waals surface area contributed by atoms with Gasteiger partial charge in [-0.3, -0.25) is 0 Å². The summed E-state index contributed by atoms with van der Waals surface area (Å²) in [5.41, 5.74) is 4.93. The number of aryl methyl sites for hydroxylation is 2. The van der Waals surface area contributed by atoms with Crippen molar-refractivity contribution in [2.24, 2.45) is 0 Å². The molecule has 2 aromatic rings. The Labute approximate surface area is 109 Å². The van der Waals surface area contributed by atoms with Crippen molar-refractivity contribution in [2.45, 2.75) is 32.8 Å². The van der Waals surface area contributed by atoms with E-state index in [2.05, 4.69) is 44.2 Å². The number of benzene rings is 2. The van der Waals surface area contributed by atoms with E-state index in [1.807, 2.05) is 18.2 Å². The molecule has 0 aliphatic heterocycles. The Morgan fingerprint density at radius 1 is 0.833 bits per heavy atom. The summed E-state index contributed by atoms with van der Waals surface area (Å²) in [6.07, 6.45) is 1.12. The monoisotopic (exact) mass is 240 g/mol. The average molecular weight is 240 g/mol. The van der Waals surface area contributed by atoms with Crippen molar-refractivity contribution in [3.63, 3.8) is 0 Å². The number of hydrogen-bond acceptors (Lipinski definition) is 1. The van der Waals surface area contributed by atoms with E-state index in [9.17, 15) is 5.11 Å². The van der Waals surface area contributed by atoms with Gasteiger partial charge in [-0.05, 0) is 37.8 Å². The number of aliphatic hydroxyl groups is 1. The van der Waals surface area contributed by atoms with E-state index in [0.29, 0.717) is 6.42 Å². The summed E-state index contributed by atoms with van der Waals surface area (Å²) in [4.78, 5) is 0. The van der Waals surface area contributed by atoms with Crippen LogP contribution in [0.3, 0.4) is 0 Å². The fourth-order valence-corrected chi connectivity index (χ4v) is 2.42. The first-order valence-corrected chi connectivity index (χ1v) is 6.42. The van der Waals surface area contributed by atoms with E-state index >= 15 is 0 Å². The van der Waals surface area contributed by atoms with Crippen LogP contribution in [-0.4, -0.2) is 11.2 Å². The molecule has 0 amide bonds. The van der Waals surface area contributed by atoms with Gasteiger partial charge in [0.05, 0.1) is 6.10 Å². The van der Waals surface area contributed by atoms with Crippen LogP contribution in [-0.2, 0) is 12.8 Å². The van der Waals surface area contributed by atoms with Crippen LogP contribution in [0.5, 0.6) is 0 Å². The Hall–Kier alpha value is -1.60. The van der Waals surface area contributed by atoms with E-state index in [0.717, 1.165) is 6.42 Å². The van der Waals surface area contributed by atoms with Crippen LogP contribution >= 0.6 is 0 Å². The smallest absolute Gasteiger partial charge is 0.0620 e. The molecule has 1 heteroatoms. The van der Waals surface area contributed by atoms with E-state index in [-0.39, 0.29) is 6.10 Å². The lowest BCUT2D eigenvalue weighted by Gasteiger charge is -2.12. The summed E-state index contributed by atoms with van der Waals surface area (Å²) in [6, 6.07) is 16.6. The van der Waals surface area contributed by atoms with Gasteiger partial charge in [-0.1, -0.05) is 59.7 Å². The normalized spacial score (nSPS) is 12.4. The van der Waals surface area contributed by atoms with Crippen molar-refractivity contribution in [1.29, 1.82) is 0 Å².